The average Bonchev–Trinajstić information content (AvgIpc) is 3.31. The van der Waals surface area contributed by atoms with E-state index in [-0.39, 0.29) is 29.4 Å². The van der Waals surface area contributed by atoms with Crippen molar-refractivity contribution in [1.29, 1.82) is 0 Å². The second kappa shape index (κ2) is 11.3. The molecule has 0 fully saturated rings. The molecule has 1 N–H and O–H groups in total. The Kier molecular flexibility index (Phi) is 8.49. The maximum absolute atomic E-state index is 13.1. The van der Waals surface area contributed by atoms with E-state index in [0.29, 0.717) is 35.1 Å². The summed E-state index contributed by atoms with van der Waals surface area (Å²) < 4.78 is 17.8. The predicted molar refractivity (Wildman–Crippen MR) is 122 cm³/mol. The summed E-state index contributed by atoms with van der Waals surface area (Å²) in [5.74, 6) is -2.07. The van der Waals surface area contributed by atoms with Gasteiger partial charge in [0.15, 0.2) is 0 Å². The Morgan fingerprint density at radius 1 is 1.21 bits per heavy atom. The van der Waals surface area contributed by atoms with Gasteiger partial charge in [0, 0.05) is 11.9 Å². The number of methoxy groups -OCH3 is 1. The van der Waals surface area contributed by atoms with Crippen molar-refractivity contribution in [3.8, 4) is 0 Å². The number of nitrogens with zero attached hydrogens (tertiary/aromatic N) is 3. The first kappa shape index (κ1) is 24.8. The van der Waals surface area contributed by atoms with Crippen LogP contribution in [0.3, 0.4) is 0 Å². The minimum atomic E-state index is -0.863. The van der Waals surface area contributed by atoms with Crippen LogP contribution in [0, 0.1) is 0 Å². The Labute approximate surface area is 201 Å². The number of nitrogens with one attached hydrogen (secondary N) is 1. The minimum absolute atomic E-state index is 0.0589. The summed E-state index contributed by atoms with van der Waals surface area (Å²) in [7, 11) is 1.27. The van der Waals surface area contributed by atoms with Crippen LogP contribution in [0.15, 0.2) is 53.1 Å². The highest BCUT2D eigenvalue weighted by molar-refractivity contribution is 6.42. The van der Waals surface area contributed by atoms with Crippen LogP contribution in [-0.2, 0) is 30.3 Å². The zero-order valence-corrected chi connectivity index (χ0v) is 19.9. The smallest absolute Gasteiger partial charge is 0.336 e. The van der Waals surface area contributed by atoms with E-state index < -0.39 is 17.9 Å². The van der Waals surface area contributed by atoms with Crippen molar-refractivity contribution in [2.24, 2.45) is 0 Å². The van der Waals surface area contributed by atoms with E-state index in [1.165, 1.54) is 7.11 Å². The monoisotopic (exact) mass is 494 g/mol. The van der Waals surface area contributed by atoms with E-state index in [9.17, 15) is 9.59 Å². The van der Waals surface area contributed by atoms with Gasteiger partial charge in [0.2, 0.25) is 0 Å². The fraction of sp³-hybridized carbons (Fsp3) is 0.364. The first-order valence-electron chi connectivity index (χ1n) is 10.2. The molecule has 0 amide bonds. The maximum atomic E-state index is 13.1. The lowest BCUT2D eigenvalue weighted by Gasteiger charge is -2.31. The number of esters is 2. The summed E-state index contributed by atoms with van der Waals surface area (Å²) in [5, 5.41) is 11.3. The van der Waals surface area contributed by atoms with Crippen molar-refractivity contribution in [2.45, 2.75) is 26.3 Å². The number of benzene rings is 1. The van der Waals surface area contributed by atoms with E-state index in [1.54, 1.807) is 49.1 Å². The van der Waals surface area contributed by atoms with Crippen LogP contribution < -0.4 is 5.32 Å². The number of ether oxygens (including phenoxy) is 3. The molecule has 2 heterocycles. The first-order valence-corrected chi connectivity index (χ1v) is 11.0. The van der Waals surface area contributed by atoms with E-state index >= 15 is 0 Å². The summed E-state index contributed by atoms with van der Waals surface area (Å²) in [4.78, 5) is 25.9. The predicted octanol–water partition coefficient (Wildman–Crippen LogP) is 3.25. The normalized spacial score (nSPS) is 16.0. The van der Waals surface area contributed by atoms with Crippen LogP contribution in [0.1, 0.15) is 25.3 Å². The van der Waals surface area contributed by atoms with Crippen molar-refractivity contribution in [3.63, 3.8) is 0 Å². The molecule has 1 atom stereocenters. The molecule has 1 unspecified atom stereocenters. The molecule has 1 aliphatic heterocycles. The number of rotatable bonds is 9. The topological polar surface area (TPSA) is 105 Å². The molecule has 0 saturated heterocycles. The molecule has 2 aromatic rings. The third-order valence-corrected chi connectivity index (χ3v) is 5.85. The molecule has 0 aliphatic carbocycles. The summed E-state index contributed by atoms with van der Waals surface area (Å²) in [6.07, 6.45) is 3.30. The van der Waals surface area contributed by atoms with Gasteiger partial charge in [-0.25, -0.2) is 9.59 Å². The maximum Gasteiger partial charge on any atom is 0.336 e. The van der Waals surface area contributed by atoms with E-state index in [1.807, 2.05) is 0 Å². The number of hydrogen-bond acceptors (Lipinski definition) is 8. The molecule has 11 heteroatoms. The van der Waals surface area contributed by atoms with Crippen LogP contribution in [0.25, 0.3) is 0 Å². The van der Waals surface area contributed by atoms with E-state index in [0.717, 1.165) is 0 Å². The van der Waals surface area contributed by atoms with Gasteiger partial charge in [-0.15, -0.1) is 5.10 Å². The number of carbonyl (C=O) groups is 2. The van der Waals surface area contributed by atoms with Crippen molar-refractivity contribution in [2.75, 3.05) is 26.9 Å². The highest BCUT2D eigenvalue weighted by atomic mass is 35.5. The standard InChI is InChI=1S/C22H24Cl2N4O5/c1-4-33-22(30)19-16(12-32-11-10-28-9-8-25-27-28)26-13(2)17(21(29)31-3)18(19)14-6-5-7-15(23)20(14)24/h5-9,18,26H,4,10-12H2,1-3H3. The molecule has 176 valence electrons. The molecule has 0 saturated carbocycles. The first-order chi connectivity index (χ1) is 15.9. The third kappa shape index (κ3) is 5.55. The molecular weight excluding hydrogens is 471 g/mol. The quantitative estimate of drug-likeness (QED) is 0.418. The molecular formula is C22H24Cl2N4O5. The van der Waals surface area contributed by atoms with Crippen LogP contribution in [0.2, 0.25) is 10.0 Å². The zero-order chi connectivity index (χ0) is 24.0. The second-order valence-electron chi connectivity index (χ2n) is 7.06. The Hall–Kier alpha value is -2.88. The lowest BCUT2D eigenvalue weighted by Crippen LogP contribution is -2.35. The highest BCUT2D eigenvalue weighted by Gasteiger charge is 2.40. The van der Waals surface area contributed by atoms with Gasteiger partial charge in [-0.1, -0.05) is 40.5 Å². The van der Waals surface area contributed by atoms with Gasteiger partial charge in [-0.05, 0) is 25.5 Å². The number of carbonyl (C=O) groups excluding carboxylic acids is 2. The Balaban J connectivity index is 2.04. The van der Waals surface area contributed by atoms with Crippen molar-refractivity contribution >= 4 is 35.1 Å². The molecule has 0 bridgehead atoms. The third-order valence-electron chi connectivity index (χ3n) is 5.02. The van der Waals surface area contributed by atoms with Gasteiger partial charge < -0.3 is 19.5 Å². The number of allylic oxidation sites excluding steroid dienone is 1. The van der Waals surface area contributed by atoms with Gasteiger partial charge in [-0.2, -0.15) is 0 Å². The van der Waals surface area contributed by atoms with Crippen molar-refractivity contribution < 1.29 is 23.8 Å². The molecule has 3 rings (SSSR count). The van der Waals surface area contributed by atoms with Crippen LogP contribution >= 0.6 is 23.2 Å². The van der Waals surface area contributed by atoms with Crippen LogP contribution in [0.4, 0.5) is 0 Å². The van der Waals surface area contributed by atoms with E-state index in [2.05, 4.69) is 15.6 Å². The molecule has 1 aromatic carbocycles. The Morgan fingerprint density at radius 2 is 2.00 bits per heavy atom. The highest BCUT2D eigenvalue weighted by Crippen LogP contribution is 2.43. The number of halogens is 2. The fourth-order valence-corrected chi connectivity index (χ4v) is 4.00. The summed E-state index contributed by atoms with van der Waals surface area (Å²) in [6.45, 7) is 4.42. The van der Waals surface area contributed by atoms with Crippen molar-refractivity contribution in [3.05, 3.63) is 68.7 Å². The lowest BCUT2D eigenvalue weighted by atomic mass is 9.80. The van der Waals surface area contributed by atoms with Gasteiger partial charge in [0.25, 0.3) is 0 Å². The average molecular weight is 495 g/mol. The lowest BCUT2D eigenvalue weighted by molar-refractivity contribution is -0.139. The van der Waals surface area contributed by atoms with Gasteiger partial charge in [0.1, 0.15) is 0 Å². The van der Waals surface area contributed by atoms with Gasteiger partial charge in [-0.3, -0.25) is 4.68 Å². The molecule has 1 aromatic heterocycles. The molecule has 9 nitrogen and oxygen atoms in total. The van der Waals surface area contributed by atoms with Crippen molar-refractivity contribution in [1.82, 2.24) is 20.3 Å². The summed E-state index contributed by atoms with van der Waals surface area (Å²) >= 11 is 12.8. The van der Waals surface area contributed by atoms with Crippen LogP contribution in [0.5, 0.6) is 0 Å². The summed E-state index contributed by atoms with van der Waals surface area (Å²) in [6, 6.07) is 5.04. The molecule has 1 aliphatic rings. The molecule has 33 heavy (non-hydrogen) atoms. The van der Waals surface area contributed by atoms with Gasteiger partial charge in [0.05, 0.1) is 72.5 Å². The molecule has 0 spiro atoms. The largest absolute Gasteiger partial charge is 0.466 e. The summed E-state index contributed by atoms with van der Waals surface area (Å²) in [5.41, 5.74) is 1.88. The number of dihydropyridines is 1. The fourth-order valence-electron chi connectivity index (χ4n) is 3.58. The minimum Gasteiger partial charge on any atom is -0.466 e. The number of hydrogen-bond donors (Lipinski definition) is 1. The SMILES string of the molecule is CCOC(=O)C1=C(COCCn2ccnn2)NC(C)=C(C(=O)OC)C1c1cccc(Cl)c1Cl. The zero-order valence-electron chi connectivity index (χ0n) is 18.4. The second-order valence-corrected chi connectivity index (χ2v) is 7.85. The van der Waals surface area contributed by atoms with Crippen LogP contribution in [-0.4, -0.2) is 53.9 Å². The molecule has 0 radical (unpaired) electrons. The Bertz CT molecular complexity index is 1080. The number of aromatic nitrogens is 3. The van der Waals surface area contributed by atoms with E-state index in [4.69, 9.17) is 37.4 Å². The van der Waals surface area contributed by atoms with Gasteiger partial charge >= 0.3 is 11.9 Å². The Morgan fingerprint density at radius 3 is 2.67 bits per heavy atom.